The summed E-state index contributed by atoms with van der Waals surface area (Å²) in [5.74, 6) is 1.45. The van der Waals surface area contributed by atoms with Crippen LogP contribution in [0, 0.1) is 11.8 Å². The number of sulfone groups is 1. The van der Waals surface area contributed by atoms with E-state index in [1.165, 1.54) is 6.26 Å². The van der Waals surface area contributed by atoms with Crippen LogP contribution in [0.15, 0.2) is 0 Å². The van der Waals surface area contributed by atoms with Crippen molar-refractivity contribution in [3.63, 3.8) is 0 Å². The zero-order valence-corrected chi connectivity index (χ0v) is 14.7. The molecule has 120 valence electrons. The summed E-state index contributed by atoms with van der Waals surface area (Å²) in [6, 6.07) is 0.997. The Hall–Kier alpha value is -0.130. The average molecular weight is 305 g/mol. The molecule has 0 amide bonds. The minimum atomic E-state index is -2.92. The van der Waals surface area contributed by atoms with Gasteiger partial charge in [-0.1, -0.05) is 27.7 Å². The van der Waals surface area contributed by atoms with Gasteiger partial charge in [0.2, 0.25) is 0 Å². The molecule has 1 N–H and O–H groups in total. The summed E-state index contributed by atoms with van der Waals surface area (Å²) in [5.41, 5.74) is 0. The summed E-state index contributed by atoms with van der Waals surface area (Å²) in [5, 5.41) is 3.64. The quantitative estimate of drug-likeness (QED) is 0.812. The van der Waals surface area contributed by atoms with Crippen molar-refractivity contribution in [3.8, 4) is 0 Å². The van der Waals surface area contributed by atoms with Crippen LogP contribution in [0.4, 0.5) is 0 Å². The Morgan fingerprint density at radius 2 is 1.80 bits per heavy atom. The Morgan fingerprint density at radius 3 is 2.25 bits per heavy atom. The first-order valence-electron chi connectivity index (χ1n) is 7.77. The van der Waals surface area contributed by atoms with Gasteiger partial charge in [-0.3, -0.25) is 4.90 Å². The fraction of sp³-hybridized carbons (Fsp3) is 1.00. The third kappa shape index (κ3) is 5.70. The third-order valence-corrected chi connectivity index (χ3v) is 5.20. The number of hydrogen-bond donors (Lipinski definition) is 1. The average Bonchev–Trinajstić information content (AvgIpc) is 2.25. The van der Waals surface area contributed by atoms with E-state index >= 15 is 0 Å². The van der Waals surface area contributed by atoms with Gasteiger partial charge in [0, 0.05) is 37.5 Å². The van der Waals surface area contributed by atoms with Crippen molar-refractivity contribution in [3.05, 3.63) is 0 Å². The molecule has 0 spiro atoms. The van der Waals surface area contributed by atoms with E-state index < -0.39 is 9.84 Å². The SMILES string of the molecule is CC(C)CC1CN(C(C)CS(C)(=O)=O)C(C(C)C)CN1. The molecule has 1 saturated heterocycles. The number of nitrogens with zero attached hydrogens (tertiary/aromatic N) is 1. The van der Waals surface area contributed by atoms with E-state index in [9.17, 15) is 8.42 Å². The highest BCUT2D eigenvalue weighted by Gasteiger charge is 2.33. The fourth-order valence-electron chi connectivity index (χ4n) is 3.25. The van der Waals surface area contributed by atoms with Crippen molar-refractivity contribution in [1.29, 1.82) is 0 Å². The van der Waals surface area contributed by atoms with Gasteiger partial charge in [0.25, 0.3) is 0 Å². The van der Waals surface area contributed by atoms with Gasteiger partial charge >= 0.3 is 0 Å². The minimum absolute atomic E-state index is 0.0918. The van der Waals surface area contributed by atoms with Crippen LogP contribution >= 0.6 is 0 Å². The summed E-state index contributed by atoms with van der Waals surface area (Å²) in [7, 11) is -2.92. The fourth-order valence-corrected chi connectivity index (χ4v) is 4.31. The van der Waals surface area contributed by atoms with Crippen LogP contribution in [0.1, 0.15) is 41.0 Å². The number of rotatable bonds is 6. The van der Waals surface area contributed by atoms with Gasteiger partial charge in [-0.2, -0.15) is 0 Å². The van der Waals surface area contributed by atoms with Crippen LogP contribution < -0.4 is 5.32 Å². The van der Waals surface area contributed by atoms with Crippen LogP contribution in [-0.2, 0) is 9.84 Å². The molecule has 0 saturated carbocycles. The molecule has 0 aliphatic carbocycles. The lowest BCUT2D eigenvalue weighted by molar-refractivity contribution is 0.0653. The van der Waals surface area contributed by atoms with Crippen LogP contribution in [-0.4, -0.2) is 56.5 Å². The van der Waals surface area contributed by atoms with Crippen LogP contribution in [0.3, 0.4) is 0 Å². The lowest BCUT2D eigenvalue weighted by Gasteiger charge is -2.45. The zero-order valence-electron chi connectivity index (χ0n) is 13.9. The molecule has 1 aliphatic rings. The summed E-state index contributed by atoms with van der Waals surface area (Å²) in [4.78, 5) is 2.41. The Bertz CT molecular complexity index is 393. The van der Waals surface area contributed by atoms with E-state index in [2.05, 4.69) is 37.9 Å². The highest BCUT2D eigenvalue weighted by atomic mass is 32.2. The summed E-state index contributed by atoms with van der Waals surface area (Å²) in [6.45, 7) is 12.9. The molecule has 1 rings (SSSR count). The Morgan fingerprint density at radius 1 is 1.20 bits per heavy atom. The Balaban J connectivity index is 2.77. The van der Waals surface area contributed by atoms with Crippen molar-refractivity contribution >= 4 is 9.84 Å². The highest BCUT2D eigenvalue weighted by molar-refractivity contribution is 7.90. The molecule has 4 nitrogen and oxygen atoms in total. The predicted octanol–water partition coefficient (Wildman–Crippen LogP) is 1.76. The second-order valence-electron chi connectivity index (χ2n) is 7.18. The van der Waals surface area contributed by atoms with E-state index in [0.29, 0.717) is 23.9 Å². The van der Waals surface area contributed by atoms with E-state index in [1.807, 2.05) is 6.92 Å². The van der Waals surface area contributed by atoms with Gasteiger partial charge in [0.1, 0.15) is 9.84 Å². The first-order chi connectivity index (χ1) is 9.10. The molecular formula is C15H32N2O2S. The van der Waals surface area contributed by atoms with E-state index in [0.717, 1.165) is 19.5 Å². The monoisotopic (exact) mass is 304 g/mol. The molecule has 3 unspecified atom stereocenters. The normalized spacial score (nSPS) is 27.2. The summed E-state index contributed by atoms with van der Waals surface area (Å²) >= 11 is 0. The molecule has 1 aliphatic heterocycles. The Kier molecular flexibility index (Phi) is 6.48. The van der Waals surface area contributed by atoms with Crippen LogP contribution in [0.2, 0.25) is 0 Å². The third-order valence-electron chi connectivity index (χ3n) is 4.11. The first kappa shape index (κ1) is 17.9. The molecule has 3 atom stereocenters. The van der Waals surface area contributed by atoms with Gasteiger partial charge in [-0.25, -0.2) is 8.42 Å². The van der Waals surface area contributed by atoms with Gasteiger partial charge < -0.3 is 5.32 Å². The topological polar surface area (TPSA) is 49.4 Å². The molecule has 1 heterocycles. The van der Waals surface area contributed by atoms with Gasteiger partial charge in [-0.05, 0) is 25.2 Å². The van der Waals surface area contributed by atoms with E-state index in [4.69, 9.17) is 0 Å². The van der Waals surface area contributed by atoms with Gasteiger partial charge in [0.05, 0.1) is 5.75 Å². The first-order valence-corrected chi connectivity index (χ1v) is 9.83. The predicted molar refractivity (Wildman–Crippen MR) is 85.8 cm³/mol. The molecule has 5 heteroatoms. The van der Waals surface area contributed by atoms with E-state index in [1.54, 1.807) is 0 Å². The zero-order chi connectivity index (χ0) is 15.5. The maximum atomic E-state index is 11.6. The molecule has 1 fully saturated rings. The number of piperazine rings is 1. The highest BCUT2D eigenvalue weighted by Crippen LogP contribution is 2.21. The maximum Gasteiger partial charge on any atom is 0.148 e. The molecule has 20 heavy (non-hydrogen) atoms. The Labute approximate surface area is 125 Å². The van der Waals surface area contributed by atoms with Crippen molar-refractivity contribution in [2.75, 3.05) is 25.1 Å². The van der Waals surface area contributed by atoms with E-state index in [-0.39, 0.29) is 11.8 Å². The molecule has 0 radical (unpaired) electrons. The second kappa shape index (κ2) is 7.23. The van der Waals surface area contributed by atoms with Crippen molar-refractivity contribution in [2.24, 2.45) is 11.8 Å². The van der Waals surface area contributed by atoms with Gasteiger partial charge in [-0.15, -0.1) is 0 Å². The van der Waals surface area contributed by atoms with Crippen LogP contribution in [0.5, 0.6) is 0 Å². The van der Waals surface area contributed by atoms with Crippen molar-refractivity contribution in [2.45, 2.75) is 59.2 Å². The second-order valence-corrected chi connectivity index (χ2v) is 9.37. The molecule has 0 bridgehead atoms. The standard InChI is InChI=1S/C15H32N2O2S/c1-11(2)7-14-9-17(13(5)10-20(6,18)19)15(8-16-14)12(3)4/h11-16H,7-10H2,1-6H3. The molecular weight excluding hydrogens is 272 g/mol. The minimum Gasteiger partial charge on any atom is -0.311 e. The molecule has 0 aromatic rings. The largest absolute Gasteiger partial charge is 0.311 e. The summed E-state index contributed by atoms with van der Waals surface area (Å²) in [6.07, 6.45) is 2.48. The van der Waals surface area contributed by atoms with Gasteiger partial charge in [0.15, 0.2) is 0 Å². The molecule has 0 aromatic carbocycles. The summed E-state index contributed by atoms with van der Waals surface area (Å²) < 4.78 is 23.2. The number of hydrogen-bond acceptors (Lipinski definition) is 4. The lowest BCUT2D eigenvalue weighted by atomic mass is 9.94. The molecule has 0 aromatic heterocycles. The lowest BCUT2D eigenvalue weighted by Crippen LogP contribution is -2.61. The maximum absolute atomic E-state index is 11.6. The smallest absolute Gasteiger partial charge is 0.148 e. The van der Waals surface area contributed by atoms with Crippen molar-refractivity contribution in [1.82, 2.24) is 10.2 Å². The van der Waals surface area contributed by atoms with Crippen molar-refractivity contribution < 1.29 is 8.42 Å². The van der Waals surface area contributed by atoms with Crippen LogP contribution in [0.25, 0.3) is 0 Å². The number of nitrogens with one attached hydrogen (secondary N) is 1.